The predicted octanol–water partition coefficient (Wildman–Crippen LogP) is 2.48. The Bertz CT molecular complexity index is 373. The van der Waals surface area contributed by atoms with E-state index in [-0.39, 0.29) is 6.10 Å². The summed E-state index contributed by atoms with van der Waals surface area (Å²) in [7, 11) is 0. The van der Waals surface area contributed by atoms with Crippen LogP contribution in [0.3, 0.4) is 0 Å². The number of nitrogens with zero attached hydrogens (tertiary/aromatic N) is 2. The van der Waals surface area contributed by atoms with Crippen molar-refractivity contribution >= 4 is 11.6 Å². The summed E-state index contributed by atoms with van der Waals surface area (Å²) in [4.78, 5) is 7.95. The van der Waals surface area contributed by atoms with Gasteiger partial charge in [0.15, 0.2) is 6.10 Å². The van der Waals surface area contributed by atoms with E-state index in [4.69, 9.17) is 22.8 Å². The smallest absolute Gasteiger partial charge is 0.222 e. The molecule has 1 atom stereocenters. The Morgan fingerprint density at radius 2 is 2.33 bits per heavy atom. The number of hydrogen-bond donors (Lipinski definition) is 0. The van der Waals surface area contributed by atoms with Crippen molar-refractivity contribution in [3.8, 4) is 18.2 Å². The minimum Gasteiger partial charge on any atom is -0.461 e. The highest BCUT2D eigenvalue weighted by Gasteiger charge is 2.11. The minimum atomic E-state index is -0.313. The second kappa shape index (κ2) is 5.57. The summed E-state index contributed by atoms with van der Waals surface area (Å²) in [5.41, 5.74) is 0.823. The van der Waals surface area contributed by atoms with Gasteiger partial charge in [0, 0.05) is 0 Å². The lowest BCUT2D eigenvalue weighted by Crippen LogP contribution is -2.11. The number of rotatable bonds is 4. The zero-order valence-corrected chi connectivity index (χ0v) is 9.58. The molecule has 80 valence electrons. The van der Waals surface area contributed by atoms with Gasteiger partial charge in [-0.25, -0.2) is 9.97 Å². The standard InChI is InChI=1S/C11H13ClN2O/c1-4-6-9-10(12)13-7-14-11(9)15-8(3)5-2/h2,7-8H,4,6H2,1,3H3. The molecular weight excluding hydrogens is 212 g/mol. The highest BCUT2D eigenvalue weighted by molar-refractivity contribution is 6.30. The Morgan fingerprint density at radius 1 is 1.60 bits per heavy atom. The van der Waals surface area contributed by atoms with Crippen LogP contribution in [0.2, 0.25) is 5.15 Å². The molecule has 0 aromatic carbocycles. The Hall–Kier alpha value is -1.27. The van der Waals surface area contributed by atoms with Gasteiger partial charge in [-0.15, -0.1) is 6.42 Å². The van der Waals surface area contributed by atoms with Crippen molar-refractivity contribution in [3.05, 3.63) is 17.0 Å². The van der Waals surface area contributed by atoms with Crippen molar-refractivity contribution in [2.45, 2.75) is 32.8 Å². The number of aromatic nitrogens is 2. The molecule has 1 aromatic rings. The van der Waals surface area contributed by atoms with Crippen LogP contribution < -0.4 is 4.74 Å². The van der Waals surface area contributed by atoms with E-state index in [2.05, 4.69) is 22.8 Å². The number of terminal acetylenes is 1. The quantitative estimate of drug-likeness (QED) is 0.582. The normalized spacial score (nSPS) is 11.9. The monoisotopic (exact) mass is 224 g/mol. The van der Waals surface area contributed by atoms with Gasteiger partial charge in [-0.2, -0.15) is 0 Å². The van der Waals surface area contributed by atoms with Crippen molar-refractivity contribution in [3.63, 3.8) is 0 Å². The summed E-state index contributed by atoms with van der Waals surface area (Å²) in [6, 6.07) is 0. The minimum absolute atomic E-state index is 0.313. The van der Waals surface area contributed by atoms with Gasteiger partial charge in [-0.1, -0.05) is 30.9 Å². The van der Waals surface area contributed by atoms with E-state index in [1.165, 1.54) is 6.33 Å². The van der Waals surface area contributed by atoms with Crippen LogP contribution in [0, 0.1) is 12.3 Å². The van der Waals surface area contributed by atoms with Crippen LogP contribution in [0.1, 0.15) is 25.8 Å². The SMILES string of the molecule is C#CC(C)Oc1ncnc(Cl)c1CCC. The molecule has 1 aromatic heterocycles. The molecular formula is C11H13ClN2O. The van der Waals surface area contributed by atoms with Crippen LogP contribution in [0.25, 0.3) is 0 Å². The fourth-order valence-corrected chi connectivity index (χ4v) is 1.36. The Morgan fingerprint density at radius 3 is 2.93 bits per heavy atom. The maximum Gasteiger partial charge on any atom is 0.222 e. The molecule has 0 saturated heterocycles. The zero-order valence-electron chi connectivity index (χ0n) is 8.83. The molecule has 3 nitrogen and oxygen atoms in total. The van der Waals surface area contributed by atoms with Crippen LogP contribution in [-0.4, -0.2) is 16.1 Å². The third-order valence-corrected chi connectivity index (χ3v) is 2.20. The van der Waals surface area contributed by atoms with Crippen molar-refractivity contribution in [2.75, 3.05) is 0 Å². The maximum atomic E-state index is 5.95. The second-order valence-electron chi connectivity index (χ2n) is 3.12. The number of ether oxygens (including phenoxy) is 1. The fraction of sp³-hybridized carbons (Fsp3) is 0.455. The summed E-state index contributed by atoms with van der Waals surface area (Å²) in [5, 5.41) is 0.436. The van der Waals surface area contributed by atoms with Crippen LogP contribution in [0.15, 0.2) is 6.33 Å². The molecule has 15 heavy (non-hydrogen) atoms. The highest BCUT2D eigenvalue weighted by Crippen LogP contribution is 2.23. The van der Waals surface area contributed by atoms with Crippen LogP contribution in [0.5, 0.6) is 5.88 Å². The van der Waals surface area contributed by atoms with Crippen LogP contribution in [-0.2, 0) is 6.42 Å². The Labute approximate surface area is 94.8 Å². The number of halogens is 1. The van der Waals surface area contributed by atoms with E-state index >= 15 is 0 Å². The van der Waals surface area contributed by atoms with Crippen molar-refractivity contribution in [1.82, 2.24) is 9.97 Å². The first-order valence-corrected chi connectivity index (χ1v) is 5.19. The van der Waals surface area contributed by atoms with Crippen LogP contribution >= 0.6 is 11.6 Å². The predicted molar refractivity (Wildman–Crippen MR) is 60.0 cm³/mol. The molecule has 0 aliphatic heterocycles. The first-order valence-electron chi connectivity index (χ1n) is 4.81. The van der Waals surface area contributed by atoms with Crippen molar-refractivity contribution in [1.29, 1.82) is 0 Å². The average Bonchev–Trinajstić information content (AvgIpc) is 2.23. The fourth-order valence-electron chi connectivity index (χ4n) is 1.14. The van der Waals surface area contributed by atoms with Crippen molar-refractivity contribution in [2.24, 2.45) is 0 Å². The van der Waals surface area contributed by atoms with Gasteiger partial charge in [0.25, 0.3) is 0 Å². The van der Waals surface area contributed by atoms with E-state index < -0.39 is 0 Å². The summed E-state index contributed by atoms with van der Waals surface area (Å²) >= 11 is 5.95. The molecule has 1 heterocycles. The summed E-state index contributed by atoms with van der Waals surface area (Å²) in [6.45, 7) is 3.84. The van der Waals surface area contributed by atoms with Gasteiger partial charge < -0.3 is 4.74 Å². The molecule has 0 saturated carbocycles. The maximum absolute atomic E-state index is 5.95. The molecule has 0 radical (unpaired) electrons. The molecule has 0 amide bonds. The average molecular weight is 225 g/mol. The van der Waals surface area contributed by atoms with Gasteiger partial charge in [0.1, 0.15) is 11.5 Å². The van der Waals surface area contributed by atoms with Gasteiger partial charge in [-0.3, -0.25) is 0 Å². The lowest BCUT2D eigenvalue weighted by molar-refractivity contribution is 0.264. The largest absolute Gasteiger partial charge is 0.461 e. The van der Waals surface area contributed by atoms with Gasteiger partial charge >= 0.3 is 0 Å². The topological polar surface area (TPSA) is 35.0 Å². The van der Waals surface area contributed by atoms with E-state index in [1.807, 2.05) is 0 Å². The third-order valence-electron chi connectivity index (χ3n) is 1.88. The first-order chi connectivity index (χ1) is 7.19. The summed E-state index contributed by atoms with van der Waals surface area (Å²) in [6.07, 6.45) is 8.03. The van der Waals surface area contributed by atoms with Gasteiger partial charge in [-0.05, 0) is 13.3 Å². The summed E-state index contributed by atoms with van der Waals surface area (Å²) < 4.78 is 5.46. The molecule has 0 bridgehead atoms. The van der Waals surface area contributed by atoms with E-state index in [9.17, 15) is 0 Å². The van der Waals surface area contributed by atoms with Crippen LogP contribution in [0.4, 0.5) is 0 Å². The van der Waals surface area contributed by atoms with E-state index in [0.717, 1.165) is 18.4 Å². The molecule has 0 aliphatic carbocycles. The second-order valence-corrected chi connectivity index (χ2v) is 3.48. The lowest BCUT2D eigenvalue weighted by Gasteiger charge is -2.12. The molecule has 0 fully saturated rings. The Balaban J connectivity index is 2.96. The molecule has 0 aliphatic rings. The van der Waals surface area contributed by atoms with Crippen molar-refractivity contribution < 1.29 is 4.74 Å². The number of hydrogen-bond acceptors (Lipinski definition) is 3. The molecule has 0 N–H and O–H groups in total. The Kier molecular flexibility index (Phi) is 4.38. The third kappa shape index (κ3) is 3.10. The van der Waals surface area contributed by atoms with Gasteiger partial charge in [0.2, 0.25) is 5.88 Å². The molecule has 1 rings (SSSR count). The lowest BCUT2D eigenvalue weighted by atomic mass is 10.2. The van der Waals surface area contributed by atoms with E-state index in [0.29, 0.717) is 11.0 Å². The summed E-state index contributed by atoms with van der Waals surface area (Å²) in [5.74, 6) is 2.96. The molecule has 4 heteroatoms. The van der Waals surface area contributed by atoms with E-state index in [1.54, 1.807) is 6.92 Å². The molecule has 0 spiro atoms. The first kappa shape index (κ1) is 11.8. The molecule has 1 unspecified atom stereocenters. The van der Waals surface area contributed by atoms with Gasteiger partial charge in [0.05, 0.1) is 5.56 Å². The highest BCUT2D eigenvalue weighted by atomic mass is 35.5. The zero-order chi connectivity index (χ0) is 11.3.